The highest BCUT2D eigenvalue weighted by molar-refractivity contribution is 6.04. The van der Waals surface area contributed by atoms with Crippen molar-refractivity contribution < 1.29 is 4.79 Å². The predicted molar refractivity (Wildman–Crippen MR) is 63.1 cm³/mol. The Morgan fingerprint density at radius 3 is 2.69 bits per heavy atom. The van der Waals surface area contributed by atoms with Crippen molar-refractivity contribution in [2.75, 3.05) is 5.32 Å². The minimum atomic E-state index is -0.289. The van der Waals surface area contributed by atoms with Gasteiger partial charge in [-0.1, -0.05) is 30.8 Å². The Labute approximate surface area is 93.0 Å². The van der Waals surface area contributed by atoms with Gasteiger partial charge in [-0.05, 0) is 13.0 Å². The smallest absolute Gasteiger partial charge is 0.248 e. The van der Waals surface area contributed by atoms with E-state index in [4.69, 9.17) is 0 Å². The van der Waals surface area contributed by atoms with Crippen molar-refractivity contribution >= 4 is 22.5 Å². The highest BCUT2D eigenvalue weighted by atomic mass is 16.1. The van der Waals surface area contributed by atoms with Crippen LogP contribution in [0.2, 0.25) is 0 Å². The number of nitrogens with one attached hydrogen (secondary N) is 1. The van der Waals surface area contributed by atoms with Gasteiger partial charge >= 0.3 is 0 Å². The standard InChI is InChI=1S/C12H11N3O/c1-3-11(16)13-12-10-7-5-4-6-9(10)8(2)14-15-12/h3-7H,1H2,2H3,(H,13,15,16). The van der Waals surface area contributed by atoms with Crippen LogP contribution in [0.15, 0.2) is 36.9 Å². The summed E-state index contributed by atoms with van der Waals surface area (Å²) in [6.45, 7) is 5.28. The zero-order valence-electron chi connectivity index (χ0n) is 8.90. The number of aromatic nitrogens is 2. The van der Waals surface area contributed by atoms with Crippen LogP contribution in [0.5, 0.6) is 0 Å². The van der Waals surface area contributed by atoms with Crippen LogP contribution in [0, 0.1) is 6.92 Å². The second-order valence-corrected chi connectivity index (χ2v) is 3.37. The van der Waals surface area contributed by atoms with Crippen LogP contribution in [-0.4, -0.2) is 16.1 Å². The molecule has 0 aliphatic rings. The maximum atomic E-state index is 11.2. The van der Waals surface area contributed by atoms with Crippen LogP contribution in [-0.2, 0) is 4.79 Å². The molecule has 1 N–H and O–H groups in total. The van der Waals surface area contributed by atoms with Gasteiger partial charge in [-0.25, -0.2) is 0 Å². The van der Waals surface area contributed by atoms with Gasteiger partial charge in [0.25, 0.3) is 0 Å². The van der Waals surface area contributed by atoms with Gasteiger partial charge in [0.05, 0.1) is 5.69 Å². The lowest BCUT2D eigenvalue weighted by atomic mass is 10.1. The van der Waals surface area contributed by atoms with E-state index in [1.54, 1.807) is 0 Å². The number of anilines is 1. The Bertz CT molecular complexity index is 563. The Morgan fingerprint density at radius 2 is 2.00 bits per heavy atom. The molecule has 0 atom stereocenters. The quantitative estimate of drug-likeness (QED) is 0.777. The molecule has 0 aliphatic heterocycles. The second kappa shape index (κ2) is 4.10. The van der Waals surface area contributed by atoms with Gasteiger partial charge in [0.1, 0.15) is 0 Å². The van der Waals surface area contributed by atoms with E-state index in [0.29, 0.717) is 5.82 Å². The van der Waals surface area contributed by atoms with Gasteiger partial charge in [-0.3, -0.25) is 4.79 Å². The zero-order valence-corrected chi connectivity index (χ0v) is 8.90. The largest absolute Gasteiger partial charge is 0.305 e. The Hall–Kier alpha value is -2.23. The molecule has 4 heteroatoms. The lowest BCUT2D eigenvalue weighted by Crippen LogP contribution is -2.10. The lowest BCUT2D eigenvalue weighted by molar-refractivity contribution is -0.111. The summed E-state index contributed by atoms with van der Waals surface area (Å²) >= 11 is 0. The fourth-order valence-corrected chi connectivity index (χ4v) is 1.50. The summed E-state index contributed by atoms with van der Waals surface area (Å²) in [6.07, 6.45) is 1.20. The van der Waals surface area contributed by atoms with E-state index < -0.39 is 0 Å². The maximum absolute atomic E-state index is 11.2. The Kier molecular flexibility index (Phi) is 2.64. The molecule has 0 aliphatic carbocycles. The van der Waals surface area contributed by atoms with Gasteiger partial charge in [-0.15, -0.1) is 5.10 Å². The van der Waals surface area contributed by atoms with Crippen molar-refractivity contribution in [3.05, 3.63) is 42.6 Å². The topological polar surface area (TPSA) is 54.9 Å². The number of amides is 1. The normalized spacial score (nSPS) is 10.1. The molecule has 2 rings (SSSR count). The van der Waals surface area contributed by atoms with E-state index >= 15 is 0 Å². The first kappa shape index (κ1) is 10.3. The van der Waals surface area contributed by atoms with E-state index in [1.807, 2.05) is 31.2 Å². The molecule has 0 saturated carbocycles. The molecular weight excluding hydrogens is 202 g/mol. The van der Waals surface area contributed by atoms with Gasteiger partial charge in [0, 0.05) is 10.8 Å². The molecular formula is C12H11N3O. The third-order valence-electron chi connectivity index (χ3n) is 2.30. The third kappa shape index (κ3) is 1.77. The molecule has 0 radical (unpaired) electrons. The fraction of sp³-hybridized carbons (Fsp3) is 0.0833. The summed E-state index contributed by atoms with van der Waals surface area (Å²) in [5.41, 5.74) is 0.840. The first-order chi connectivity index (χ1) is 7.72. The summed E-state index contributed by atoms with van der Waals surface area (Å²) in [7, 11) is 0. The first-order valence-electron chi connectivity index (χ1n) is 4.88. The van der Waals surface area contributed by atoms with E-state index in [1.165, 1.54) is 6.08 Å². The molecule has 0 unspecified atom stereocenters. The Balaban J connectivity index is 2.58. The van der Waals surface area contributed by atoms with Gasteiger partial charge in [0.15, 0.2) is 5.82 Å². The molecule has 80 valence electrons. The molecule has 1 aromatic carbocycles. The summed E-state index contributed by atoms with van der Waals surface area (Å²) < 4.78 is 0. The zero-order chi connectivity index (χ0) is 11.5. The number of carbonyl (C=O) groups is 1. The van der Waals surface area contributed by atoms with Crippen LogP contribution >= 0.6 is 0 Å². The van der Waals surface area contributed by atoms with E-state index in [0.717, 1.165) is 16.5 Å². The van der Waals surface area contributed by atoms with Crippen LogP contribution < -0.4 is 5.32 Å². The van der Waals surface area contributed by atoms with Crippen LogP contribution in [0.4, 0.5) is 5.82 Å². The molecule has 4 nitrogen and oxygen atoms in total. The first-order valence-corrected chi connectivity index (χ1v) is 4.88. The molecule has 1 aromatic heterocycles. The molecule has 0 spiro atoms. The van der Waals surface area contributed by atoms with E-state index in [9.17, 15) is 4.79 Å². The molecule has 16 heavy (non-hydrogen) atoms. The highest BCUT2D eigenvalue weighted by Gasteiger charge is 2.07. The van der Waals surface area contributed by atoms with Gasteiger partial charge in [-0.2, -0.15) is 5.10 Å². The minimum Gasteiger partial charge on any atom is -0.305 e. The number of carbonyl (C=O) groups excluding carboxylic acids is 1. The number of hydrogen-bond acceptors (Lipinski definition) is 3. The van der Waals surface area contributed by atoms with Crippen molar-refractivity contribution in [1.82, 2.24) is 10.2 Å². The van der Waals surface area contributed by atoms with E-state index in [2.05, 4.69) is 22.1 Å². The number of fused-ring (bicyclic) bond motifs is 1. The number of aryl methyl sites for hydroxylation is 1. The molecule has 0 saturated heterocycles. The minimum absolute atomic E-state index is 0.289. The van der Waals surface area contributed by atoms with Crippen molar-refractivity contribution in [3.8, 4) is 0 Å². The molecule has 1 heterocycles. The number of rotatable bonds is 2. The average molecular weight is 213 g/mol. The number of benzene rings is 1. The summed E-state index contributed by atoms with van der Waals surface area (Å²) in [5.74, 6) is 0.175. The van der Waals surface area contributed by atoms with E-state index in [-0.39, 0.29) is 5.91 Å². The van der Waals surface area contributed by atoms with Crippen molar-refractivity contribution in [2.45, 2.75) is 6.92 Å². The fourth-order valence-electron chi connectivity index (χ4n) is 1.50. The van der Waals surface area contributed by atoms with Crippen molar-refractivity contribution in [3.63, 3.8) is 0 Å². The van der Waals surface area contributed by atoms with Crippen molar-refractivity contribution in [2.24, 2.45) is 0 Å². The number of nitrogens with zero attached hydrogens (tertiary/aromatic N) is 2. The molecule has 0 fully saturated rings. The monoisotopic (exact) mass is 213 g/mol. The highest BCUT2D eigenvalue weighted by Crippen LogP contribution is 2.21. The molecule has 0 bridgehead atoms. The summed E-state index contributed by atoms with van der Waals surface area (Å²) in [4.78, 5) is 11.2. The van der Waals surface area contributed by atoms with Gasteiger partial charge < -0.3 is 5.32 Å². The maximum Gasteiger partial charge on any atom is 0.248 e. The van der Waals surface area contributed by atoms with Crippen molar-refractivity contribution in [1.29, 1.82) is 0 Å². The Morgan fingerprint density at radius 1 is 1.31 bits per heavy atom. The SMILES string of the molecule is C=CC(=O)Nc1nnc(C)c2ccccc12. The summed E-state index contributed by atoms with van der Waals surface area (Å²) in [5, 5.41) is 12.5. The molecule has 2 aromatic rings. The lowest BCUT2D eigenvalue weighted by Gasteiger charge is -2.06. The van der Waals surface area contributed by atoms with Crippen LogP contribution in [0.3, 0.4) is 0 Å². The predicted octanol–water partition coefficient (Wildman–Crippen LogP) is 2.06. The average Bonchev–Trinajstić information content (AvgIpc) is 2.33. The van der Waals surface area contributed by atoms with Crippen LogP contribution in [0.25, 0.3) is 10.8 Å². The third-order valence-corrected chi connectivity index (χ3v) is 2.30. The van der Waals surface area contributed by atoms with Gasteiger partial charge in [0.2, 0.25) is 5.91 Å². The molecule has 1 amide bonds. The summed E-state index contributed by atoms with van der Waals surface area (Å²) in [6, 6.07) is 7.67. The van der Waals surface area contributed by atoms with Crippen LogP contribution in [0.1, 0.15) is 5.69 Å². The number of hydrogen-bond donors (Lipinski definition) is 1. The second-order valence-electron chi connectivity index (χ2n) is 3.37.